The van der Waals surface area contributed by atoms with Crippen LogP contribution < -0.4 is 16.8 Å². The molecular weight excluding hydrogens is 222 g/mol. The van der Waals surface area contributed by atoms with E-state index in [0.717, 1.165) is 12.0 Å². The molecule has 1 aromatic heterocycles. The van der Waals surface area contributed by atoms with Crippen molar-refractivity contribution < 1.29 is 0 Å². The van der Waals surface area contributed by atoms with Crippen molar-refractivity contribution >= 4 is 35.2 Å². The van der Waals surface area contributed by atoms with Crippen molar-refractivity contribution in [2.75, 3.05) is 16.8 Å². The standard InChI is InChI=1S/C10H17N5S/c1-4-10(3,5-16)15-8-6(2)7(11)13-9(12)14-8/h5H,4H2,1-3H3,(H5,11,12,13,14,15). The zero-order chi connectivity index (χ0) is 12.3. The topological polar surface area (TPSA) is 89.8 Å². The van der Waals surface area contributed by atoms with Crippen molar-refractivity contribution in [2.45, 2.75) is 32.7 Å². The minimum Gasteiger partial charge on any atom is -0.383 e. The van der Waals surface area contributed by atoms with Crippen LogP contribution in [0.3, 0.4) is 0 Å². The van der Waals surface area contributed by atoms with Crippen molar-refractivity contribution in [1.82, 2.24) is 9.97 Å². The Bertz CT molecular complexity index is 406. The highest BCUT2D eigenvalue weighted by Gasteiger charge is 2.20. The Labute approximate surface area is 101 Å². The van der Waals surface area contributed by atoms with Crippen molar-refractivity contribution in [3.8, 4) is 0 Å². The third-order valence-corrected chi connectivity index (χ3v) is 3.12. The quantitative estimate of drug-likeness (QED) is 0.690. The Morgan fingerprint density at radius 1 is 1.44 bits per heavy atom. The van der Waals surface area contributed by atoms with Crippen LogP contribution in [-0.4, -0.2) is 20.9 Å². The molecule has 0 aromatic carbocycles. The van der Waals surface area contributed by atoms with Crippen LogP contribution in [0.5, 0.6) is 0 Å². The summed E-state index contributed by atoms with van der Waals surface area (Å²) in [4.78, 5) is 8.01. The smallest absolute Gasteiger partial charge is 0.223 e. The van der Waals surface area contributed by atoms with Gasteiger partial charge in [0.2, 0.25) is 5.95 Å². The van der Waals surface area contributed by atoms with Crippen molar-refractivity contribution in [2.24, 2.45) is 0 Å². The van der Waals surface area contributed by atoms with Gasteiger partial charge in [0.1, 0.15) is 11.6 Å². The molecule has 1 atom stereocenters. The molecule has 0 saturated carbocycles. The number of aromatic nitrogens is 2. The maximum absolute atomic E-state index is 5.72. The molecule has 1 unspecified atom stereocenters. The zero-order valence-corrected chi connectivity index (χ0v) is 10.6. The summed E-state index contributed by atoms with van der Waals surface area (Å²) in [6.45, 7) is 5.88. The number of nitrogens with one attached hydrogen (secondary N) is 1. The van der Waals surface area contributed by atoms with Gasteiger partial charge < -0.3 is 16.8 Å². The molecule has 1 aromatic rings. The fraction of sp³-hybridized carbons (Fsp3) is 0.500. The lowest BCUT2D eigenvalue weighted by Crippen LogP contribution is -2.35. The average Bonchev–Trinajstić information content (AvgIpc) is 2.25. The second-order valence-corrected chi connectivity index (χ2v) is 4.19. The predicted octanol–water partition coefficient (Wildman–Crippen LogP) is 1.53. The molecule has 88 valence electrons. The van der Waals surface area contributed by atoms with Gasteiger partial charge >= 0.3 is 0 Å². The number of hydrogen-bond donors (Lipinski definition) is 3. The van der Waals surface area contributed by atoms with E-state index < -0.39 is 0 Å². The van der Waals surface area contributed by atoms with Crippen LogP contribution in [0.25, 0.3) is 0 Å². The summed E-state index contributed by atoms with van der Waals surface area (Å²) >= 11 is 5.00. The van der Waals surface area contributed by atoms with Gasteiger partial charge in [-0.15, -0.1) is 0 Å². The summed E-state index contributed by atoms with van der Waals surface area (Å²) < 4.78 is 0. The number of anilines is 3. The third kappa shape index (κ3) is 2.57. The van der Waals surface area contributed by atoms with Crippen LogP contribution in [0.15, 0.2) is 0 Å². The largest absolute Gasteiger partial charge is 0.383 e. The zero-order valence-electron chi connectivity index (χ0n) is 9.74. The van der Waals surface area contributed by atoms with Crippen LogP contribution in [-0.2, 0) is 0 Å². The molecule has 1 heterocycles. The maximum atomic E-state index is 5.72. The summed E-state index contributed by atoms with van der Waals surface area (Å²) in [6, 6.07) is 0. The molecule has 0 amide bonds. The molecule has 0 aliphatic rings. The number of thiocarbonyl (C=S) groups is 1. The minimum absolute atomic E-state index is 0.161. The molecule has 0 saturated heterocycles. The van der Waals surface area contributed by atoms with E-state index in [-0.39, 0.29) is 11.5 Å². The SMILES string of the molecule is CCC(C)(C=S)Nc1nc(N)nc(N)c1C. The molecule has 0 aliphatic heterocycles. The van der Waals surface area contributed by atoms with Crippen molar-refractivity contribution in [3.63, 3.8) is 0 Å². The predicted molar refractivity (Wildman–Crippen MR) is 71.6 cm³/mol. The molecule has 16 heavy (non-hydrogen) atoms. The van der Waals surface area contributed by atoms with E-state index >= 15 is 0 Å². The van der Waals surface area contributed by atoms with E-state index in [1.807, 2.05) is 20.8 Å². The summed E-state index contributed by atoms with van der Waals surface area (Å²) in [5.74, 6) is 1.18. The molecule has 0 radical (unpaired) electrons. The summed E-state index contributed by atoms with van der Waals surface area (Å²) in [7, 11) is 0. The van der Waals surface area contributed by atoms with Gasteiger partial charge in [-0.05, 0) is 20.3 Å². The van der Waals surface area contributed by atoms with Crippen molar-refractivity contribution in [3.05, 3.63) is 5.56 Å². The van der Waals surface area contributed by atoms with E-state index in [4.69, 9.17) is 23.7 Å². The first-order valence-electron chi connectivity index (χ1n) is 5.06. The molecule has 0 aliphatic carbocycles. The second-order valence-electron chi connectivity index (χ2n) is 3.95. The fourth-order valence-electron chi connectivity index (χ4n) is 1.15. The van der Waals surface area contributed by atoms with Crippen LogP contribution in [0.4, 0.5) is 17.6 Å². The first-order chi connectivity index (χ1) is 7.41. The molecule has 0 bridgehead atoms. The Balaban J connectivity index is 3.10. The van der Waals surface area contributed by atoms with E-state index in [0.29, 0.717) is 11.6 Å². The van der Waals surface area contributed by atoms with Gasteiger partial charge in [-0.25, -0.2) is 0 Å². The van der Waals surface area contributed by atoms with E-state index in [1.165, 1.54) is 0 Å². The summed E-state index contributed by atoms with van der Waals surface area (Å²) in [5.41, 5.74) is 11.8. The summed E-state index contributed by atoms with van der Waals surface area (Å²) in [6.07, 6.45) is 0.847. The molecule has 5 N–H and O–H groups in total. The fourth-order valence-corrected chi connectivity index (χ4v) is 1.37. The monoisotopic (exact) mass is 239 g/mol. The second kappa shape index (κ2) is 4.61. The first kappa shape index (κ1) is 12.6. The Morgan fingerprint density at radius 3 is 2.56 bits per heavy atom. The normalized spacial score (nSPS) is 14.2. The van der Waals surface area contributed by atoms with Gasteiger partial charge in [0.05, 0.1) is 5.54 Å². The maximum Gasteiger partial charge on any atom is 0.223 e. The molecule has 0 spiro atoms. The van der Waals surface area contributed by atoms with Crippen LogP contribution >= 0.6 is 12.2 Å². The molecular formula is C10H17N5S. The van der Waals surface area contributed by atoms with Gasteiger partial charge in [0.15, 0.2) is 0 Å². The molecule has 1 rings (SSSR count). The summed E-state index contributed by atoms with van der Waals surface area (Å²) in [5, 5.41) is 4.92. The van der Waals surface area contributed by atoms with E-state index in [9.17, 15) is 0 Å². The molecule has 0 fully saturated rings. The van der Waals surface area contributed by atoms with Crippen molar-refractivity contribution in [1.29, 1.82) is 0 Å². The lowest BCUT2D eigenvalue weighted by atomic mass is 10.0. The van der Waals surface area contributed by atoms with E-state index in [2.05, 4.69) is 15.3 Å². The minimum atomic E-state index is -0.298. The van der Waals surface area contributed by atoms with E-state index in [1.54, 1.807) is 5.37 Å². The molecule has 6 heteroatoms. The number of rotatable bonds is 4. The molecule has 5 nitrogen and oxygen atoms in total. The van der Waals surface area contributed by atoms with Crippen LogP contribution in [0.1, 0.15) is 25.8 Å². The number of nitrogens with two attached hydrogens (primary N) is 2. The third-order valence-electron chi connectivity index (χ3n) is 2.60. The first-order valence-corrected chi connectivity index (χ1v) is 5.53. The lowest BCUT2D eigenvalue weighted by molar-refractivity contribution is 0.666. The van der Waals surface area contributed by atoms with Gasteiger partial charge in [0.25, 0.3) is 0 Å². The highest BCUT2D eigenvalue weighted by atomic mass is 32.1. The Hall–Kier alpha value is -1.43. The average molecular weight is 239 g/mol. The van der Waals surface area contributed by atoms with Crippen LogP contribution in [0.2, 0.25) is 0 Å². The lowest BCUT2D eigenvalue weighted by Gasteiger charge is -2.26. The Morgan fingerprint density at radius 2 is 2.06 bits per heavy atom. The number of nitrogens with zero attached hydrogens (tertiary/aromatic N) is 2. The number of hydrogen-bond acceptors (Lipinski definition) is 6. The van der Waals surface area contributed by atoms with Gasteiger partial charge in [-0.2, -0.15) is 9.97 Å². The van der Waals surface area contributed by atoms with Gasteiger partial charge in [0, 0.05) is 10.9 Å². The van der Waals surface area contributed by atoms with Crippen LogP contribution in [0, 0.1) is 6.92 Å². The highest BCUT2D eigenvalue weighted by Crippen LogP contribution is 2.22. The van der Waals surface area contributed by atoms with Gasteiger partial charge in [-0.1, -0.05) is 19.1 Å². The highest BCUT2D eigenvalue weighted by molar-refractivity contribution is 7.79. The number of nitrogen functional groups attached to an aromatic ring is 2. The van der Waals surface area contributed by atoms with Gasteiger partial charge in [-0.3, -0.25) is 0 Å². The Kier molecular flexibility index (Phi) is 3.64.